The van der Waals surface area contributed by atoms with Gasteiger partial charge in [-0.05, 0) is 49.4 Å². The van der Waals surface area contributed by atoms with Gasteiger partial charge in [0, 0.05) is 11.1 Å². The molecule has 10 heteroatoms. The molecule has 0 bridgehead atoms. The van der Waals surface area contributed by atoms with E-state index < -0.39 is 30.3 Å². The number of hydrogen-bond acceptors (Lipinski definition) is 7. The summed E-state index contributed by atoms with van der Waals surface area (Å²) in [5.74, 6) is -2.40. The molecule has 3 amide bonds. The molecular weight excluding hydrogens is 426 g/mol. The Kier molecular flexibility index (Phi) is 5.26. The summed E-state index contributed by atoms with van der Waals surface area (Å²) in [6.45, 7) is 1.12. The number of rotatable bonds is 5. The van der Waals surface area contributed by atoms with Gasteiger partial charge in [0.25, 0.3) is 17.7 Å². The van der Waals surface area contributed by atoms with Crippen LogP contribution in [0.3, 0.4) is 0 Å². The monoisotopic (exact) mass is 439 g/mol. The lowest BCUT2D eigenvalue weighted by molar-refractivity contribution is -0.119. The number of benzene rings is 2. The van der Waals surface area contributed by atoms with Crippen LogP contribution in [0.25, 0.3) is 0 Å². The maximum Gasteiger partial charge on any atom is 0.338 e. The molecule has 0 saturated heterocycles. The van der Waals surface area contributed by atoms with Crippen molar-refractivity contribution in [2.75, 3.05) is 16.8 Å². The number of carbonyl (C=O) groups is 4. The molecule has 0 saturated carbocycles. The number of nitrogens with zero attached hydrogens (tertiary/aromatic N) is 2. The number of imide groups is 1. The van der Waals surface area contributed by atoms with Gasteiger partial charge in [-0.25, -0.2) is 9.69 Å². The van der Waals surface area contributed by atoms with Crippen molar-refractivity contribution in [2.45, 2.75) is 6.92 Å². The smallest absolute Gasteiger partial charge is 0.338 e. The summed E-state index contributed by atoms with van der Waals surface area (Å²) in [6, 6.07) is 11.7. The van der Waals surface area contributed by atoms with E-state index in [1.165, 1.54) is 24.3 Å². The number of carbonyl (C=O) groups excluding carboxylic acids is 4. The number of aromatic nitrogens is 1. The Balaban J connectivity index is 1.46. The van der Waals surface area contributed by atoms with Crippen LogP contribution in [-0.4, -0.2) is 35.5 Å². The number of hydrogen-bond donors (Lipinski definition) is 1. The number of halogens is 1. The minimum Gasteiger partial charge on any atom is -0.452 e. The summed E-state index contributed by atoms with van der Waals surface area (Å²) in [4.78, 5) is 50.6. The molecule has 31 heavy (non-hydrogen) atoms. The molecule has 1 aliphatic heterocycles. The summed E-state index contributed by atoms with van der Waals surface area (Å²) in [5, 5.41) is 6.48. The minimum absolute atomic E-state index is 0.0289. The van der Waals surface area contributed by atoms with Crippen molar-refractivity contribution in [3.05, 3.63) is 75.9 Å². The van der Waals surface area contributed by atoms with E-state index in [0.29, 0.717) is 16.4 Å². The summed E-state index contributed by atoms with van der Waals surface area (Å²) in [5.41, 5.74) is 1.20. The van der Waals surface area contributed by atoms with E-state index in [4.69, 9.17) is 20.9 Å². The predicted molar refractivity (Wildman–Crippen MR) is 109 cm³/mol. The standard InChI is InChI=1S/C21H14ClN3O6/c1-11-8-18(31-24-11)23-17(26)10-30-21(29)12-2-7-15-16(9-12)20(28)25(19(15)27)14-5-3-13(22)4-6-14/h2-9H,10H2,1H3,(H,23,26). The van der Waals surface area contributed by atoms with Crippen LogP contribution in [0.4, 0.5) is 11.6 Å². The van der Waals surface area contributed by atoms with Gasteiger partial charge in [0.2, 0.25) is 5.88 Å². The lowest BCUT2D eigenvalue weighted by Gasteiger charge is -2.13. The van der Waals surface area contributed by atoms with Crippen LogP contribution in [0, 0.1) is 6.92 Å². The molecule has 9 nitrogen and oxygen atoms in total. The van der Waals surface area contributed by atoms with Crippen molar-refractivity contribution in [3.8, 4) is 0 Å². The molecule has 0 radical (unpaired) electrons. The van der Waals surface area contributed by atoms with Crippen LogP contribution in [0.5, 0.6) is 0 Å². The predicted octanol–water partition coefficient (Wildman–Crippen LogP) is 3.23. The Morgan fingerprint density at radius 1 is 1.06 bits per heavy atom. The first kappa shape index (κ1) is 20.3. The molecule has 4 rings (SSSR count). The third-order valence-corrected chi connectivity index (χ3v) is 4.68. The second kappa shape index (κ2) is 8.04. The molecule has 0 atom stereocenters. The lowest BCUT2D eigenvalue weighted by Crippen LogP contribution is -2.29. The second-order valence-electron chi connectivity index (χ2n) is 6.64. The number of ether oxygens (including phenoxy) is 1. The average molecular weight is 440 g/mol. The van der Waals surface area contributed by atoms with Crippen molar-refractivity contribution in [1.29, 1.82) is 0 Å². The van der Waals surface area contributed by atoms with Crippen LogP contribution in [-0.2, 0) is 9.53 Å². The van der Waals surface area contributed by atoms with E-state index in [9.17, 15) is 19.2 Å². The van der Waals surface area contributed by atoms with E-state index in [0.717, 1.165) is 4.90 Å². The van der Waals surface area contributed by atoms with Gasteiger partial charge in [0.05, 0.1) is 28.1 Å². The van der Waals surface area contributed by atoms with E-state index in [1.807, 2.05) is 0 Å². The number of anilines is 2. The number of fused-ring (bicyclic) bond motifs is 1. The fourth-order valence-corrected chi connectivity index (χ4v) is 3.13. The third-order valence-electron chi connectivity index (χ3n) is 4.43. The van der Waals surface area contributed by atoms with Gasteiger partial charge in [-0.15, -0.1) is 0 Å². The molecule has 156 valence electrons. The highest BCUT2D eigenvalue weighted by Crippen LogP contribution is 2.30. The fourth-order valence-electron chi connectivity index (χ4n) is 3.00. The Morgan fingerprint density at radius 3 is 2.45 bits per heavy atom. The van der Waals surface area contributed by atoms with Gasteiger partial charge in [0.1, 0.15) is 0 Å². The van der Waals surface area contributed by atoms with E-state index in [1.54, 1.807) is 31.2 Å². The Hall–Kier alpha value is -3.98. The van der Waals surface area contributed by atoms with Crippen LogP contribution in [0.2, 0.25) is 5.02 Å². The summed E-state index contributed by atoms with van der Waals surface area (Å²) in [7, 11) is 0. The topological polar surface area (TPSA) is 119 Å². The number of amides is 3. The Labute approximate surface area is 180 Å². The SMILES string of the molecule is Cc1cc(NC(=O)COC(=O)c2ccc3c(c2)C(=O)N(c2ccc(Cl)cc2)C3=O)on1. The van der Waals surface area contributed by atoms with Gasteiger partial charge in [-0.2, -0.15) is 0 Å². The first-order valence-electron chi connectivity index (χ1n) is 9.02. The molecule has 2 heterocycles. The third kappa shape index (κ3) is 4.03. The zero-order valence-corrected chi connectivity index (χ0v) is 16.8. The van der Waals surface area contributed by atoms with Gasteiger partial charge < -0.3 is 9.26 Å². The molecular formula is C21H14ClN3O6. The maximum absolute atomic E-state index is 12.8. The molecule has 2 aromatic carbocycles. The highest BCUT2D eigenvalue weighted by Gasteiger charge is 2.37. The van der Waals surface area contributed by atoms with Crippen LogP contribution >= 0.6 is 11.6 Å². The Morgan fingerprint density at radius 2 is 1.77 bits per heavy atom. The minimum atomic E-state index is -0.822. The first-order chi connectivity index (χ1) is 14.8. The second-order valence-corrected chi connectivity index (χ2v) is 7.08. The van der Waals surface area contributed by atoms with E-state index in [-0.39, 0.29) is 22.6 Å². The van der Waals surface area contributed by atoms with Gasteiger partial charge in [0.15, 0.2) is 6.61 Å². The molecule has 1 N–H and O–H groups in total. The van der Waals surface area contributed by atoms with Crippen LogP contribution in [0.15, 0.2) is 53.1 Å². The van der Waals surface area contributed by atoms with Crippen LogP contribution < -0.4 is 10.2 Å². The first-order valence-corrected chi connectivity index (χ1v) is 9.40. The van der Waals surface area contributed by atoms with Gasteiger partial charge in [-0.3, -0.25) is 19.7 Å². The molecule has 0 fully saturated rings. The summed E-state index contributed by atoms with van der Waals surface area (Å²) < 4.78 is 9.83. The van der Waals surface area contributed by atoms with Gasteiger partial charge in [-0.1, -0.05) is 16.8 Å². The van der Waals surface area contributed by atoms with Crippen LogP contribution in [0.1, 0.15) is 36.8 Å². The molecule has 0 unspecified atom stereocenters. The molecule has 0 aliphatic carbocycles. The number of aryl methyl sites for hydroxylation is 1. The quantitative estimate of drug-likeness (QED) is 0.478. The normalized spacial score (nSPS) is 12.6. The number of nitrogens with one attached hydrogen (secondary N) is 1. The average Bonchev–Trinajstić information content (AvgIpc) is 3.27. The zero-order chi connectivity index (χ0) is 22.1. The summed E-state index contributed by atoms with van der Waals surface area (Å²) >= 11 is 5.86. The van der Waals surface area contributed by atoms with Crippen molar-refractivity contribution >= 4 is 46.9 Å². The van der Waals surface area contributed by atoms with E-state index >= 15 is 0 Å². The Bertz CT molecular complexity index is 1220. The van der Waals surface area contributed by atoms with Crippen molar-refractivity contribution in [3.63, 3.8) is 0 Å². The molecule has 1 aliphatic rings. The van der Waals surface area contributed by atoms with E-state index in [2.05, 4.69) is 10.5 Å². The van der Waals surface area contributed by atoms with Gasteiger partial charge >= 0.3 is 5.97 Å². The van der Waals surface area contributed by atoms with Crippen molar-refractivity contribution in [2.24, 2.45) is 0 Å². The van der Waals surface area contributed by atoms with Crippen molar-refractivity contribution in [1.82, 2.24) is 5.16 Å². The largest absolute Gasteiger partial charge is 0.452 e. The van der Waals surface area contributed by atoms with Crippen molar-refractivity contribution < 1.29 is 28.4 Å². The lowest BCUT2D eigenvalue weighted by atomic mass is 10.1. The zero-order valence-electron chi connectivity index (χ0n) is 16.0. The highest BCUT2D eigenvalue weighted by molar-refractivity contribution is 6.35. The molecule has 3 aromatic rings. The highest BCUT2D eigenvalue weighted by atomic mass is 35.5. The maximum atomic E-state index is 12.8. The molecule has 1 aromatic heterocycles. The number of esters is 1. The summed E-state index contributed by atoms with van der Waals surface area (Å²) in [6.07, 6.45) is 0. The fraction of sp³-hybridized carbons (Fsp3) is 0.0952. The molecule has 0 spiro atoms.